The first-order chi connectivity index (χ1) is 4.81. The highest BCUT2D eigenvalue weighted by Crippen LogP contribution is 2.01. The summed E-state index contributed by atoms with van der Waals surface area (Å²) in [7, 11) is 0. The molecule has 0 saturated carbocycles. The van der Waals surface area contributed by atoms with Crippen molar-refractivity contribution < 1.29 is 0 Å². The van der Waals surface area contributed by atoms with Crippen molar-refractivity contribution in [3.8, 4) is 0 Å². The number of rotatable bonds is 5. The van der Waals surface area contributed by atoms with Gasteiger partial charge in [0.05, 0.1) is 5.55 Å². The Balaban J connectivity index is 3.26. The zero-order valence-electron chi connectivity index (χ0n) is 7.13. The van der Waals surface area contributed by atoms with E-state index in [0.717, 1.165) is 5.75 Å². The summed E-state index contributed by atoms with van der Waals surface area (Å²) in [5.74, 6) is 1.13. The molecule has 0 fully saturated rings. The lowest BCUT2D eigenvalue weighted by Gasteiger charge is -2.00. The van der Waals surface area contributed by atoms with Gasteiger partial charge >= 0.3 is 0 Å². The summed E-state index contributed by atoms with van der Waals surface area (Å²) in [5, 5.41) is 0. The van der Waals surface area contributed by atoms with Crippen LogP contribution in [0.2, 0.25) is 0 Å². The molecule has 10 heavy (non-hydrogen) atoms. The van der Waals surface area contributed by atoms with Gasteiger partial charge in [0.2, 0.25) is 0 Å². The minimum Gasteiger partial charge on any atom is -0.283 e. The van der Waals surface area contributed by atoms with E-state index < -0.39 is 0 Å². The molecule has 2 heteroatoms. The van der Waals surface area contributed by atoms with Crippen molar-refractivity contribution in [2.75, 3.05) is 5.75 Å². The van der Waals surface area contributed by atoms with Gasteiger partial charge in [-0.15, -0.1) is 11.8 Å². The van der Waals surface area contributed by atoms with Crippen LogP contribution in [-0.4, -0.2) is 17.3 Å². The maximum Gasteiger partial charge on any atom is 0.0544 e. The van der Waals surface area contributed by atoms with E-state index in [-0.39, 0.29) is 0 Å². The Kier molecular flexibility index (Phi) is 7.15. The van der Waals surface area contributed by atoms with Gasteiger partial charge in [-0.25, -0.2) is 0 Å². The molecule has 0 bridgehead atoms. The number of hydrogen-bond donors (Lipinski definition) is 0. The van der Waals surface area contributed by atoms with Gasteiger partial charge < -0.3 is 0 Å². The number of aliphatic imine (C=N–C) groups is 1. The van der Waals surface area contributed by atoms with E-state index in [9.17, 15) is 0 Å². The molecule has 0 aliphatic rings. The van der Waals surface area contributed by atoms with Crippen molar-refractivity contribution in [2.24, 2.45) is 4.99 Å². The summed E-state index contributed by atoms with van der Waals surface area (Å²) in [6.45, 7) is 6.50. The molecular formula is C8H17NS. The maximum atomic E-state index is 4.34. The number of hydrogen-bond acceptors (Lipinski definition) is 2. The molecular weight excluding hydrogens is 142 g/mol. The zero-order chi connectivity index (χ0) is 7.82. The first kappa shape index (κ1) is 10.0. The average molecular weight is 159 g/mol. The second-order valence-corrected chi connectivity index (χ2v) is 3.47. The molecule has 0 rings (SSSR count). The van der Waals surface area contributed by atoms with Gasteiger partial charge in [0, 0.05) is 6.04 Å². The molecule has 0 N–H and O–H groups in total. The third-order valence-corrected chi connectivity index (χ3v) is 1.87. The van der Waals surface area contributed by atoms with Crippen molar-refractivity contribution in [1.29, 1.82) is 0 Å². The summed E-state index contributed by atoms with van der Waals surface area (Å²) >= 11 is 1.77. The molecule has 0 amide bonds. The molecule has 0 aromatic heterocycles. The molecule has 0 spiro atoms. The first-order valence-electron chi connectivity index (χ1n) is 3.94. The van der Waals surface area contributed by atoms with E-state index in [4.69, 9.17) is 0 Å². The van der Waals surface area contributed by atoms with Crippen LogP contribution in [0.3, 0.4) is 0 Å². The maximum absolute atomic E-state index is 4.34. The molecule has 1 unspecified atom stereocenters. The largest absolute Gasteiger partial charge is 0.283 e. The van der Waals surface area contributed by atoms with Gasteiger partial charge in [-0.05, 0) is 19.1 Å². The van der Waals surface area contributed by atoms with E-state index in [2.05, 4.69) is 25.8 Å². The van der Waals surface area contributed by atoms with Crippen molar-refractivity contribution in [2.45, 2.75) is 39.7 Å². The smallest absolute Gasteiger partial charge is 0.0544 e. The van der Waals surface area contributed by atoms with Gasteiger partial charge in [0.25, 0.3) is 0 Å². The lowest BCUT2D eigenvalue weighted by molar-refractivity contribution is 0.658. The Bertz CT molecular complexity index is 91.3. The fourth-order valence-electron chi connectivity index (χ4n) is 0.714. The Labute approximate surface area is 68.3 Å². The van der Waals surface area contributed by atoms with Gasteiger partial charge in [-0.1, -0.05) is 20.3 Å². The van der Waals surface area contributed by atoms with Crippen LogP contribution in [0.25, 0.3) is 0 Å². The van der Waals surface area contributed by atoms with E-state index in [0.29, 0.717) is 6.04 Å². The van der Waals surface area contributed by atoms with Crippen molar-refractivity contribution in [1.82, 2.24) is 0 Å². The molecule has 0 saturated heterocycles. The SMILES string of the molecule is CCCC(C)/N=C\SCC. The van der Waals surface area contributed by atoms with Crippen LogP contribution in [0.1, 0.15) is 33.6 Å². The third kappa shape index (κ3) is 6.14. The van der Waals surface area contributed by atoms with Crippen LogP contribution in [0.15, 0.2) is 4.99 Å². The van der Waals surface area contributed by atoms with Crippen LogP contribution < -0.4 is 0 Å². The minimum absolute atomic E-state index is 0.518. The lowest BCUT2D eigenvalue weighted by Crippen LogP contribution is -1.95. The second-order valence-electron chi connectivity index (χ2n) is 2.35. The molecule has 0 aliphatic heterocycles. The lowest BCUT2D eigenvalue weighted by atomic mass is 10.2. The average Bonchev–Trinajstić information content (AvgIpc) is 1.89. The third-order valence-electron chi connectivity index (χ3n) is 1.26. The quantitative estimate of drug-likeness (QED) is 0.444. The molecule has 1 nitrogen and oxygen atoms in total. The Morgan fingerprint density at radius 1 is 1.50 bits per heavy atom. The summed E-state index contributed by atoms with van der Waals surface area (Å²) < 4.78 is 0. The van der Waals surface area contributed by atoms with E-state index >= 15 is 0 Å². The molecule has 0 heterocycles. The zero-order valence-corrected chi connectivity index (χ0v) is 7.95. The topological polar surface area (TPSA) is 12.4 Å². The van der Waals surface area contributed by atoms with Gasteiger partial charge in [0.15, 0.2) is 0 Å². The van der Waals surface area contributed by atoms with Crippen LogP contribution in [-0.2, 0) is 0 Å². The minimum atomic E-state index is 0.518. The van der Waals surface area contributed by atoms with Crippen molar-refractivity contribution >= 4 is 17.3 Å². The summed E-state index contributed by atoms with van der Waals surface area (Å²) in [4.78, 5) is 4.34. The summed E-state index contributed by atoms with van der Waals surface area (Å²) in [5.41, 5.74) is 1.97. The predicted octanol–water partition coefficient (Wildman–Crippen LogP) is 2.96. The number of nitrogens with zero attached hydrogens (tertiary/aromatic N) is 1. The molecule has 0 aromatic rings. The van der Waals surface area contributed by atoms with E-state index in [1.807, 2.05) is 5.55 Å². The molecule has 0 aliphatic carbocycles. The van der Waals surface area contributed by atoms with Crippen molar-refractivity contribution in [3.05, 3.63) is 0 Å². The molecule has 0 aromatic carbocycles. The Morgan fingerprint density at radius 3 is 2.70 bits per heavy atom. The van der Waals surface area contributed by atoms with Gasteiger partial charge in [-0.2, -0.15) is 0 Å². The Morgan fingerprint density at radius 2 is 2.20 bits per heavy atom. The monoisotopic (exact) mass is 159 g/mol. The van der Waals surface area contributed by atoms with E-state index in [1.54, 1.807) is 11.8 Å². The Hall–Kier alpha value is 0.0200. The first-order valence-corrected chi connectivity index (χ1v) is 4.99. The van der Waals surface area contributed by atoms with Crippen molar-refractivity contribution in [3.63, 3.8) is 0 Å². The molecule has 60 valence electrons. The fourth-order valence-corrected chi connectivity index (χ4v) is 1.16. The molecule has 0 radical (unpaired) electrons. The predicted molar refractivity (Wildman–Crippen MR) is 51.0 cm³/mol. The second kappa shape index (κ2) is 7.13. The summed E-state index contributed by atoms with van der Waals surface area (Å²) in [6, 6.07) is 0.518. The van der Waals surface area contributed by atoms with Gasteiger partial charge in [-0.3, -0.25) is 4.99 Å². The number of thioether (sulfide) groups is 1. The highest BCUT2D eigenvalue weighted by Gasteiger charge is 1.92. The fraction of sp³-hybridized carbons (Fsp3) is 0.875. The van der Waals surface area contributed by atoms with Gasteiger partial charge in [0.1, 0.15) is 0 Å². The van der Waals surface area contributed by atoms with Crippen LogP contribution >= 0.6 is 11.8 Å². The van der Waals surface area contributed by atoms with Crippen LogP contribution in [0, 0.1) is 0 Å². The van der Waals surface area contributed by atoms with E-state index in [1.165, 1.54) is 12.8 Å². The van der Waals surface area contributed by atoms with Crippen LogP contribution in [0.5, 0.6) is 0 Å². The highest BCUT2D eigenvalue weighted by molar-refractivity contribution is 8.12. The van der Waals surface area contributed by atoms with Crippen LogP contribution in [0.4, 0.5) is 0 Å². The standard InChI is InChI=1S/C8H17NS/c1-4-6-8(3)9-7-10-5-2/h7-8H,4-6H2,1-3H3/b9-7-. The highest BCUT2D eigenvalue weighted by atomic mass is 32.2. The molecule has 1 atom stereocenters. The summed E-state index contributed by atoms with van der Waals surface area (Å²) in [6.07, 6.45) is 2.44. The normalized spacial score (nSPS) is 14.3.